The third-order valence-corrected chi connectivity index (χ3v) is 5.38. The number of benzene rings is 1. The predicted octanol–water partition coefficient (Wildman–Crippen LogP) is 3.79. The maximum absolute atomic E-state index is 12.4. The zero-order valence-corrected chi connectivity index (χ0v) is 16.0. The first kappa shape index (κ1) is 19.1. The molecule has 142 valence electrons. The molecule has 0 saturated heterocycles. The number of nitrogens with one attached hydrogen (secondary N) is 1. The number of hydrogen-bond acceptors (Lipinski definition) is 6. The second-order valence-electron chi connectivity index (χ2n) is 6.10. The van der Waals surface area contributed by atoms with Crippen LogP contribution in [0.25, 0.3) is 0 Å². The largest absolute Gasteiger partial charge is 0.462 e. The van der Waals surface area contributed by atoms with Gasteiger partial charge in [0.05, 0.1) is 18.4 Å². The molecule has 7 heteroatoms. The van der Waals surface area contributed by atoms with Gasteiger partial charge in [-0.3, -0.25) is 4.79 Å². The summed E-state index contributed by atoms with van der Waals surface area (Å²) in [5, 5.41) is 7.13. The van der Waals surface area contributed by atoms with Crippen molar-refractivity contribution < 1.29 is 19.2 Å². The number of rotatable bonds is 7. The van der Waals surface area contributed by atoms with Crippen LogP contribution in [0, 0.1) is 0 Å². The topological polar surface area (TPSA) is 77.0 Å². The Labute approximate surface area is 162 Å². The van der Waals surface area contributed by atoms with E-state index in [2.05, 4.69) is 10.5 Å². The average molecular weight is 386 g/mol. The van der Waals surface area contributed by atoms with Crippen molar-refractivity contribution in [1.82, 2.24) is 0 Å². The molecule has 1 N–H and O–H groups in total. The molecule has 3 rings (SSSR count). The van der Waals surface area contributed by atoms with Crippen LogP contribution < -0.4 is 5.32 Å². The quantitative estimate of drug-likeness (QED) is 0.446. The number of nitrogens with zero attached hydrogens (tertiary/aromatic N) is 1. The van der Waals surface area contributed by atoms with Crippen LogP contribution in [0.5, 0.6) is 0 Å². The zero-order valence-electron chi connectivity index (χ0n) is 15.2. The van der Waals surface area contributed by atoms with E-state index in [4.69, 9.17) is 9.57 Å². The van der Waals surface area contributed by atoms with Crippen LogP contribution in [0.3, 0.4) is 0 Å². The molecule has 0 aliphatic heterocycles. The highest BCUT2D eigenvalue weighted by atomic mass is 32.1. The smallest absolute Gasteiger partial charge is 0.341 e. The van der Waals surface area contributed by atoms with Gasteiger partial charge in [-0.25, -0.2) is 4.79 Å². The number of carbonyl (C=O) groups is 2. The summed E-state index contributed by atoms with van der Waals surface area (Å²) in [5.41, 5.74) is 2.40. The van der Waals surface area contributed by atoms with Gasteiger partial charge in [0.15, 0.2) is 6.61 Å². The number of fused-ring (bicyclic) bond motifs is 1. The van der Waals surface area contributed by atoms with E-state index in [1.54, 1.807) is 13.1 Å². The van der Waals surface area contributed by atoms with Gasteiger partial charge in [0.25, 0.3) is 5.91 Å². The standard InChI is InChI=1S/C20H22N2O4S/c1-2-25-20(24)18-15-10-6-7-11-16(15)27-19(18)22-17(23)13-26-21-12-14-8-4-3-5-9-14/h3-5,8-9,12H,2,6-7,10-11,13H2,1H3,(H,22,23)/b21-12-. The first-order chi connectivity index (χ1) is 13.2. The Balaban J connectivity index is 1.64. The molecule has 0 saturated carbocycles. The number of ether oxygens (including phenoxy) is 1. The maximum Gasteiger partial charge on any atom is 0.341 e. The Morgan fingerprint density at radius 3 is 2.78 bits per heavy atom. The van der Waals surface area contributed by atoms with Crippen molar-refractivity contribution in [3.63, 3.8) is 0 Å². The Morgan fingerprint density at radius 1 is 1.22 bits per heavy atom. The van der Waals surface area contributed by atoms with Gasteiger partial charge < -0.3 is 14.9 Å². The number of aryl methyl sites for hydroxylation is 1. The molecule has 0 radical (unpaired) electrons. The normalized spacial score (nSPS) is 13.2. The Hall–Kier alpha value is -2.67. The molecule has 1 aromatic carbocycles. The van der Waals surface area contributed by atoms with E-state index in [0.29, 0.717) is 17.2 Å². The van der Waals surface area contributed by atoms with Crippen LogP contribution >= 0.6 is 11.3 Å². The number of thiophene rings is 1. The molecule has 0 spiro atoms. The minimum Gasteiger partial charge on any atom is -0.462 e. The molecule has 6 nitrogen and oxygen atoms in total. The molecule has 1 aliphatic rings. The first-order valence-corrected chi connectivity index (χ1v) is 9.82. The molecule has 1 aliphatic carbocycles. The van der Waals surface area contributed by atoms with Crippen LogP contribution in [0.4, 0.5) is 5.00 Å². The summed E-state index contributed by atoms with van der Waals surface area (Å²) >= 11 is 1.45. The summed E-state index contributed by atoms with van der Waals surface area (Å²) in [6.07, 6.45) is 5.45. The number of anilines is 1. The predicted molar refractivity (Wildman–Crippen MR) is 106 cm³/mol. The molecule has 1 heterocycles. The Morgan fingerprint density at radius 2 is 2.00 bits per heavy atom. The minimum absolute atomic E-state index is 0.228. The summed E-state index contributed by atoms with van der Waals surface area (Å²) < 4.78 is 5.18. The fourth-order valence-electron chi connectivity index (χ4n) is 2.97. The number of amides is 1. The van der Waals surface area contributed by atoms with E-state index < -0.39 is 0 Å². The van der Waals surface area contributed by atoms with Gasteiger partial charge in [0.2, 0.25) is 0 Å². The van der Waals surface area contributed by atoms with E-state index in [0.717, 1.165) is 41.7 Å². The fourth-order valence-corrected chi connectivity index (χ4v) is 4.26. The zero-order chi connectivity index (χ0) is 19.1. The van der Waals surface area contributed by atoms with E-state index in [1.807, 2.05) is 30.3 Å². The first-order valence-electron chi connectivity index (χ1n) is 9.01. The number of carbonyl (C=O) groups excluding carboxylic acids is 2. The maximum atomic E-state index is 12.4. The number of oxime groups is 1. The molecule has 0 unspecified atom stereocenters. The average Bonchev–Trinajstić information content (AvgIpc) is 3.04. The summed E-state index contributed by atoms with van der Waals surface area (Å²) in [6, 6.07) is 9.46. The van der Waals surface area contributed by atoms with Crippen molar-refractivity contribution >= 4 is 34.4 Å². The lowest BCUT2D eigenvalue weighted by molar-refractivity contribution is -0.120. The van der Waals surface area contributed by atoms with Gasteiger partial charge in [-0.1, -0.05) is 35.5 Å². The molecular formula is C20H22N2O4S. The summed E-state index contributed by atoms with van der Waals surface area (Å²) in [5.74, 6) is -0.737. The third kappa shape index (κ3) is 4.95. The highest BCUT2D eigenvalue weighted by molar-refractivity contribution is 7.17. The summed E-state index contributed by atoms with van der Waals surface area (Å²) in [7, 11) is 0. The SMILES string of the molecule is CCOC(=O)c1c(NC(=O)CO/N=C\c2ccccc2)sc2c1CCCC2. The fraction of sp³-hybridized carbons (Fsp3) is 0.350. The molecule has 1 amide bonds. The van der Waals surface area contributed by atoms with E-state index in [9.17, 15) is 9.59 Å². The van der Waals surface area contributed by atoms with Gasteiger partial charge in [0.1, 0.15) is 5.00 Å². The van der Waals surface area contributed by atoms with E-state index >= 15 is 0 Å². The van der Waals surface area contributed by atoms with E-state index in [-0.39, 0.29) is 18.5 Å². The van der Waals surface area contributed by atoms with Crippen molar-refractivity contribution in [3.8, 4) is 0 Å². The molecular weight excluding hydrogens is 364 g/mol. The molecule has 0 atom stereocenters. The van der Waals surface area contributed by atoms with Crippen LogP contribution in [0.15, 0.2) is 35.5 Å². The third-order valence-electron chi connectivity index (χ3n) is 4.18. The van der Waals surface area contributed by atoms with Crippen LogP contribution in [0.2, 0.25) is 0 Å². The molecule has 0 bridgehead atoms. The Bertz CT molecular complexity index is 830. The monoisotopic (exact) mass is 386 g/mol. The molecule has 1 aromatic heterocycles. The van der Waals surface area contributed by atoms with Gasteiger partial charge >= 0.3 is 5.97 Å². The number of esters is 1. The highest BCUT2D eigenvalue weighted by Crippen LogP contribution is 2.38. The summed E-state index contributed by atoms with van der Waals surface area (Å²) in [6.45, 7) is 1.84. The van der Waals surface area contributed by atoms with Gasteiger partial charge in [-0.15, -0.1) is 11.3 Å². The lowest BCUT2D eigenvalue weighted by Crippen LogP contribution is -2.19. The van der Waals surface area contributed by atoms with Gasteiger partial charge in [-0.2, -0.15) is 0 Å². The van der Waals surface area contributed by atoms with Gasteiger partial charge in [0, 0.05) is 4.88 Å². The van der Waals surface area contributed by atoms with Crippen LogP contribution in [0.1, 0.15) is 46.1 Å². The second-order valence-corrected chi connectivity index (χ2v) is 7.21. The second kappa shape index (κ2) is 9.32. The lowest BCUT2D eigenvalue weighted by Gasteiger charge is -2.12. The lowest BCUT2D eigenvalue weighted by atomic mass is 9.95. The van der Waals surface area contributed by atoms with Crippen LogP contribution in [-0.4, -0.2) is 31.3 Å². The van der Waals surface area contributed by atoms with Crippen molar-refractivity contribution in [3.05, 3.63) is 51.9 Å². The minimum atomic E-state index is -0.379. The van der Waals surface area contributed by atoms with Crippen molar-refractivity contribution in [2.24, 2.45) is 5.16 Å². The Kier molecular flexibility index (Phi) is 6.59. The van der Waals surface area contributed by atoms with Crippen LogP contribution in [-0.2, 0) is 27.2 Å². The molecule has 0 fully saturated rings. The van der Waals surface area contributed by atoms with E-state index in [1.165, 1.54) is 11.3 Å². The molecule has 27 heavy (non-hydrogen) atoms. The van der Waals surface area contributed by atoms with Crippen molar-refractivity contribution in [2.45, 2.75) is 32.6 Å². The van der Waals surface area contributed by atoms with Crippen molar-refractivity contribution in [2.75, 3.05) is 18.5 Å². The van der Waals surface area contributed by atoms with Gasteiger partial charge in [-0.05, 0) is 43.7 Å². The highest BCUT2D eigenvalue weighted by Gasteiger charge is 2.27. The summed E-state index contributed by atoms with van der Waals surface area (Å²) in [4.78, 5) is 30.8. The number of hydrogen-bond donors (Lipinski definition) is 1. The molecule has 2 aromatic rings. The van der Waals surface area contributed by atoms with Crippen molar-refractivity contribution in [1.29, 1.82) is 0 Å².